The van der Waals surface area contributed by atoms with E-state index in [1.54, 1.807) is 0 Å². The van der Waals surface area contributed by atoms with E-state index in [9.17, 15) is 9.32 Å². The van der Waals surface area contributed by atoms with Gasteiger partial charge in [-0.3, -0.25) is 4.21 Å². The molecule has 0 aromatic heterocycles. The molecule has 4 heteroatoms. The average molecular weight is 283 g/mol. The third-order valence-corrected chi connectivity index (χ3v) is 4.48. The highest BCUT2D eigenvalue weighted by atomic mass is 32.2. The number of benzene rings is 1. The lowest BCUT2D eigenvalue weighted by Crippen LogP contribution is -2.33. The van der Waals surface area contributed by atoms with Gasteiger partial charge in [0.2, 0.25) is 0 Å². The third-order valence-electron chi connectivity index (χ3n) is 3.02. The van der Waals surface area contributed by atoms with Crippen molar-refractivity contribution < 1.29 is 9.32 Å². The first kappa shape index (κ1) is 16.3. The molecule has 0 aliphatic rings. The van der Waals surface area contributed by atoms with Gasteiger partial charge in [0.1, 0.15) is 0 Å². The van der Waals surface area contributed by atoms with Crippen molar-refractivity contribution in [2.24, 2.45) is 5.92 Å². The van der Waals surface area contributed by atoms with Crippen molar-refractivity contribution in [2.75, 3.05) is 18.8 Å². The van der Waals surface area contributed by atoms with Crippen LogP contribution in [0, 0.1) is 19.8 Å². The van der Waals surface area contributed by atoms with Crippen molar-refractivity contribution in [3.8, 4) is 0 Å². The molecule has 108 valence electrons. The summed E-state index contributed by atoms with van der Waals surface area (Å²) in [6, 6.07) is 5.80. The minimum absolute atomic E-state index is 0.285. The van der Waals surface area contributed by atoms with Gasteiger partial charge in [-0.05, 0) is 49.6 Å². The second-order valence-corrected chi connectivity index (χ2v) is 6.96. The van der Waals surface area contributed by atoms with Crippen molar-refractivity contribution in [3.05, 3.63) is 29.3 Å². The maximum atomic E-state index is 12.1. The number of hydrogen-bond acceptors (Lipinski definition) is 3. The molecule has 0 spiro atoms. The zero-order chi connectivity index (χ0) is 14.4. The van der Waals surface area contributed by atoms with Crippen LogP contribution in [0.1, 0.15) is 25.0 Å². The SMILES string of the molecule is Cc1ccc(S(=O)CC(O)CNCC(C)C)cc1C. The quantitative estimate of drug-likeness (QED) is 0.805. The van der Waals surface area contributed by atoms with Gasteiger partial charge in [0.25, 0.3) is 0 Å². The summed E-state index contributed by atoms with van der Waals surface area (Å²) in [5.41, 5.74) is 2.33. The molecule has 2 N–H and O–H groups in total. The van der Waals surface area contributed by atoms with Crippen LogP contribution in [0.5, 0.6) is 0 Å². The molecule has 0 heterocycles. The van der Waals surface area contributed by atoms with Gasteiger partial charge in [-0.1, -0.05) is 19.9 Å². The van der Waals surface area contributed by atoms with Gasteiger partial charge in [0.15, 0.2) is 0 Å². The van der Waals surface area contributed by atoms with Crippen LogP contribution in [0.4, 0.5) is 0 Å². The van der Waals surface area contributed by atoms with E-state index in [4.69, 9.17) is 0 Å². The van der Waals surface area contributed by atoms with Crippen LogP contribution in [-0.4, -0.2) is 34.3 Å². The van der Waals surface area contributed by atoms with Crippen molar-refractivity contribution in [2.45, 2.75) is 38.7 Å². The maximum absolute atomic E-state index is 12.1. The molecular formula is C15H25NO2S. The Balaban J connectivity index is 2.47. The van der Waals surface area contributed by atoms with Gasteiger partial charge in [-0.15, -0.1) is 0 Å². The number of aliphatic hydroxyl groups is 1. The average Bonchev–Trinajstić information content (AvgIpc) is 2.32. The van der Waals surface area contributed by atoms with E-state index in [-0.39, 0.29) is 5.75 Å². The molecule has 0 saturated carbocycles. The summed E-state index contributed by atoms with van der Waals surface area (Å²) in [6.07, 6.45) is -0.568. The fourth-order valence-electron chi connectivity index (χ4n) is 1.72. The summed E-state index contributed by atoms with van der Waals surface area (Å²) in [6.45, 7) is 9.64. The lowest BCUT2D eigenvalue weighted by molar-refractivity contribution is 0.193. The van der Waals surface area contributed by atoms with E-state index in [2.05, 4.69) is 19.2 Å². The molecule has 1 aromatic rings. The Morgan fingerprint density at radius 3 is 2.47 bits per heavy atom. The van der Waals surface area contributed by atoms with E-state index in [1.165, 1.54) is 5.56 Å². The number of nitrogens with one attached hydrogen (secondary N) is 1. The molecule has 1 aromatic carbocycles. The third kappa shape index (κ3) is 5.85. The lowest BCUT2D eigenvalue weighted by atomic mass is 10.1. The van der Waals surface area contributed by atoms with Crippen LogP contribution < -0.4 is 5.32 Å². The number of hydrogen-bond donors (Lipinski definition) is 2. The van der Waals surface area contributed by atoms with Gasteiger partial charge >= 0.3 is 0 Å². The Morgan fingerprint density at radius 1 is 1.21 bits per heavy atom. The summed E-state index contributed by atoms with van der Waals surface area (Å²) < 4.78 is 12.1. The molecule has 0 saturated heterocycles. The molecule has 2 atom stereocenters. The van der Waals surface area contributed by atoms with Crippen LogP contribution in [-0.2, 0) is 10.8 Å². The lowest BCUT2D eigenvalue weighted by Gasteiger charge is -2.13. The predicted molar refractivity (Wildman–Crippen MR) is 80.9 cm³/mol. The fourth-order valence-corrected chi connectivity index (χ4v) is 2.91. The Kier molecular flexibility index (Phi) is 6.69. The number of rotatable bonds is 7. The molecule has 0 aliphatic heterocycles. The molecule has 0 bridgehead atoms. The van der Waals surface area contributed by atoms with Crippen LogP contribution in [0.2, 0.25) is 0 Å². The van der Waals surface area contributed by atoms with E-state index < -0.39 is 16.9 Å². The maximum Gasteiger partial charge on any atom is 0.0783 e. The first-order valence-electron chi connectivity index (χ1n) is 6.74. The second-order valence-electron chi connectivity index (χ2n) is 5.46. The van der Waals surface area contributed by atoms with Crippen LogP contribution >= 0.6 is 0 Å². The Hall–Kier alpha value is -0.710. The molecule has 3 nitrogen and oxygen atoms in total. The Morgan fingerprint density at radius 2 is 1.89 bits per heavy atom. The number of aryl methyl sites for hydroxylation is 2. The van der Waals surface area contributed by atoms with Crippen molar-refractivity contribution in [1.29, 1.82) is 0 Å². The normalized spacial score (nSPS) is 14.6. The summed E-state index contributed by atoms with van der Waals surface area (Å²) in [5, 5.41) is 13.0. The molecule has 0 fully saturated rings. The molecular weight excluding hydrogens is 258 g/mol. The highest BCUT2D eigenvalue weighted by Crippen LogP contribution is 2.14. The van der Waals surface area contributed by atoms with Crippen LogP contribution in [0.15, 0.2) is 23.1 Å². The van der Waals surface area contributed by atoms with Crippen molar-refractivity contribution in [1.82, 2.24) is 5.32 Å². The topological polar surface area (TPSA) is 49.3 Å². The van der Waals surface area contributed by atoms with Crippen LogP contribution in [0.3, 0.4) is 0 Å². The van der Waals surface area contributed by atoms with Gasteiger partial charge < -0.3 is 10.4 Å². The second kappa shape index (κ2) is 7.78. The molecule has 0 amide bonds. The highest BCUT2D eigenvalue weighted by Gasteiger charge is 2.12. The number of aliphatic hydroxyl groups excluding tert-OH is 1. The molecule has 0 radical (unpaired) electrons. The first-order valence-corrected chi connectivity index (χ1v) is 8.06. The van der Waals surface area contributed by atoms with E-state index in [1.807, 2.05) is 32.0 Å². The zero-order valence-corrected chi connectivity index (χ0v) is 13.1. The minimum Gasteiger partial charge on any atom is -0.391 e. The summed E-state index contributed by atoms with van der Waals surface area (Å²) in [4.78, 5) is 0.797. The largest absolute Gasteiger partial charge is 0.391 e. The van der Waals surface area contributed by atoms with E-state index >= 15 is 0 Å². The van der Waals surface area contributed by atoms with E-state index in [0.29, 0.717) is 12.5 Å². The monoisotopic (exact) mass is 283 g/mol. The standard InChI is InChI=1S/C15H25NO2S/c1-11(2)8-16-9-14(17)10-19(18)15-6-5-12(3)13(4)7-15/h5-7,11,14,16-17H,8-10H2,1-4H3. The summed E-state index contributed by atoms with van der Waals surface area (Å²) >= 11 is 0. The summed E-state index contributed by atoms with van der Waals surface area (Å²) in [5.74, 6) is 0.839. The highest BCUT2D eigenvalue weighted by molar-refractivity contribution is 7.85. The smallest absolute Gasteiger partial charge is 0.0783 e. The molecule has 1 rings (SSSR count). The zero-order valence-electron chi connectivity index (χ0n) is 12.3. The van der Waals surface area contributed by atoms with Gasteiger partial charge in [0, 0.05) is 11.4 Å². The van der Waals surface area contributed by atoms with Gasteiger partial charge in [0.05, 0.1) is 22.7 Å². The van der Waals surface area contributed by atoms with Gasteiger partial charge in [-0.25, -0.2) is 0 Å². The minimum atomic E-state index is -1.14. The van der Waals surface area contributed by atoms with E-state index in [0.717, 1.165) is 17.0 Å². The van der Waals surface area contributed by atoms with Crippen molar-refractivity contribution in [3.63, 3.8) is 0 Å². The predicted octanol–water partition coefficient (Wildman–Crippen LogP) is 2.02. The fraction of sp³-hybridized carbons (Fsp3) is 0.600. The summed E-state index contributed by atoms with van der Waals surface area (Å²) in [7, 11) is -1.14. The van der Waals surface area contributed by atoms with Gasteiger partial charge in [-0.2, -0.15) is 0 Å². The van der Waals surface area contributed by atoms with Crippen LogP contribution in [0.25, 0.3) is 0 Å². The Bertz CT molecular complexity index is 432. The molecule has 2 unspecified atom stereocenters. The Labute approximate surface area is 118 Å². The first-order chi connectivity index (χ1) is 8.90. The van der Waals surface area contributed by atoms with Crippen molar-refractivity contribution >= 4 is 10.8 Å². The molecule has 19 heavy (non-hydrogen) atoms. The molecule has 0 aliphatic carbocycles.